The molecule has 0 unspecified atom stereocenters. The summed E-state index contributed by atoms with van der Waals surface area (Å²) >= 11 is 3.40. The number of aliphatic hydroxyl groups excluding tert-OH is 1. The SMILES string of the molecule is COc1ccc(-c2nc(C)c(CCO)c(=O)[nH]2)cc1Br. The minimum absolute atomic E-state index is 0.0704. The van der Waals surface area contributed by atoms with Crippen LogP contribution in [0.25, 0.3) is 11.4 Å². The molecular weight excluding hydrogens is 324 g/mol. The van der Waals surface area contributed by atoms with E-state index in [9.17, 15) is 4.79 Å². The van der Waals surface area contributed by atoms with E-state index in [1.165, 1.54) is 0 Å². The maximum absolute atomic E-state index is 12.0. The summed E-state index contributed by atoms with van der Waals surface area (Å²) in [7, 11) is 1.59. The van der Waals surface area contributed by atoms with E-state index in [-0.39, 0.29) is 12.2 Å². The first-order valence-corrected chi connectivity index (χ1v) is 6.90. The summed E-state index contributed by atoms with van der Waals surface area (Å²) in [6.45, 7) is 1.70. The van der Waals surface area contributed by atoms with E-state index in [0.717, 1.165) is 10.0 Å². The van der Waals surface area contributed by atoms with Crippen LogP contribution in [0.4, 0.5) is 0 Å². The summed E-state index contributed by atoms with van der Waals surface area (Å²) < 4.78 is 5.96. The second-order valence-electron chi connectivity index (χ2n) is 4.30. The highest BCUT2D eigenvalue weighted by atomic mass is 79.9. The predicted molar refractivity (Wildman–Crippen MR) is 80.1 cm³/mol. The largest absolute Gasteiger partial charge is 0.496 e. The fourth-order valence-corrected chi connectivity index (χ4v) is 2.51. The average molecular weight is 339 g/mol. The molecule has 0 atom stereocenters. The summed E-state index contributed by atoms with van der Waals surface area (Å²) in [5.41, 5.74) is 1.72. The molecule has 0 bridgehead atoms. The molecule has 1 aromatic heterocycles. The molecular formula is C14H15BrN2O3. The number of nitrogens with one attached hydrogen (secondary N) is 1. The zero-order valence-electron chi connectivity index (χ0n) is 11.2. The van der Waals surface area contributed by atoms with Gasteiger partial charge in [-0.15, -0.1) is 0 Å². The lowest BCUT2D eigenvalue weighted by Gasteiger charge is -2.08. The molecule has 2 N–H and O–H groups in total. The van der Waals surface area contributed by atoms with Crippen molar-refractivity contribution in [3.63, 3.8) is 0 Å². The van der Waals surface area contributed by atoms with Crippen molar-refractivity contribution in [2.75, 3.05) is 13.7 Å². The Balaban J connectivity index is 2.48. The van der Waals surface area contributed by atoms with E-state index >= 15 is 0 Å². The molecule has 2 aromatic rings. The molecule has 1 aromatic carbocycles. The number of H-pyrrole nitrogens is 1. The van der Waals surface area contributed by atoms with Crippen LogP contribution in [0.15, 0.2) is 27.5 Å². The first-order chi connectivity index (χ1) is 9.56. The van der Waals surface area contributed by atoms with Crippen molar-refractivity contribution in [2.24, 2.45) is 0 Å². The second kappa shape index (κ2) is 6.19. The van der Waals surface area contributed by atoms with Crippen LogP contribution in [-0.2, 0) is 6.42 Å². The lowest BCUT2D eigenvalue weighted by Crippen LogP contribution is -2.18. The van der Waals surface area contributed by atoms with Crippen molar-refractivity contribution in [2.45, 2.75) is 13.3 Å². The Kier molecular flexibility index (Phi) is 4.57. The third-order valence-electron chi connectivity index (χ3n) is 3.01. The normalized spacial score (nSPS) is 10.6. The molecule has 2 rings (SSSR count). The zero-order valence-corrected chi connectivity index (χ0v) is 12.8. The molecule has 0 radical (unpaired) electrons. The number of hydrogen-bond acceptors (Lipinski definition) is 4. The highest BCUT2D eigenvalue weighted by Gasteiger charge is 2.10. The lowest BCUT2D eigenvalue weighted by molar-refractivity contribution is 0.298. The first-order valence-electron chi connectivity index (χ1n) is 6.11. The van der Waals surface area contributed by atoms with E-state index in [4.69, 9.17) is 9.84 Å². The van der Waals surface area contributed by atoms with Crippen molar-refractivity contribution in [1.29, 1.82) is 0 Å². The van der Waals surface area contributed by atoms with Crippen molar-refractivity contribution in [3.05, 3.63) is 44.3 Å². The number of methoxy groups -OCH3 is 1. The smallest absolute Gasteiger partial charge is 0.254 e. The Bertz CT molecular complexity index is 683. The molecule has 0 spiro atoms. The van der Waals surface area contributed by atoms with E-state index in [2.05, 4.69) is 25.9 Å². The molecule has 20 heavy (non-hydrogen) atoms. The van der Waals surface area contributed by atoms with Gasteiger partial charge in [0.05, 0.1) is 11.6 Å². The fourth-order valence-electron chi connectivity index (χ4n) is 1.97. The van der Waals surface area contributed by atoms with Gasteiger partial charge in [0.25, 0.3) is 5.56 Å². The summed E-state index contributed by atoms with van der Waals surface area (Å²) in [5, 5.41) is 8.95. The first kappa shape index (κ1) is 14.7. The second-order valence-corrected chi connectivity index (χ2v) is 5.16. The minimum Gasteiger partial charge on any atom is -0.496 e. The van der Waals surface area contributed by atoms with Gasteiger partial charge >= 0.3 is 0 Å². The van der Waals surface area contributed by atoms with Crippen molar-refractivity contribution < 1.29 is 9.84 Å². The molecule has 6 heteroatoms. The number of aryl methyl sites for hydroxylation is 1. The van der Waals surface area contributed by atoms with Gasteiger partial charge in [0.15, 0.2) is 0 Å². The Morgan fingerprint density at radius 2 is 2.20 bits per heavy atom. The highest BCUT2D eigenvalue weighted by molar-refractivity contribution is 9.10. The molecule has 0 aliphatic rings. The molecule has 0 aliphatic carbocycles. The Hall–Kier alpha value is -1.66. The highest BCUT2D eigenvalue weighted by Crippen LogP contribution is 2.28. The van der Waals surface area contributed by atoms with Crippen molar-refractivity contribution in [3.8, 4) is 17.1 Å². The van der Waals surface area contributed by atoms with Gasteiger partial charge in [0.2, 0.25) is 0 Å². The molecule has 1 heterocycles. The third kappa shape index (κ3) is 2.91. The quantitative estimate of drug-likeness (QED) is 0.894. The predicted octanol–water partition coefficient (Wildman–Crippen LogP) is 2.05. The van der Waals surface area contributed by atoms with Crippen molar-refractivity contribution >= 4 is 15.9 Å². The molecule has 106 valence electrons. The van der Waals surface area contributed by atoms with Crippen LogP contribution in [0.1, 0.15) is 11.3 Å². The van der Waals surface area contributed by atoms with Crippen LogP contribution in [0, 0.1) is 6.92 Å². The summed E-state index contributed by atoms with van der Waals surface area (Å²) in [4.78, 5) is 19.1. The number of halogens is 1. The van der Waals surface area contributed by atoms with E-state index in [0.29, 0.717) is 29.3 Å². The maximum Gasteiger partial charge on any atom is 0.254 e. The number of benzene rings is 1. The van der Waals surface area contributed by atoms with Crippen LogP contribution in [0.3, 0.4) is 0 Å². The van der Waals surface area contributed by atoms with Crippen LogP contribution in [0.2, 0.25) is 0 Å². The Morgan fingerprint density at radius 3 is 2.75 bits per heavy atom. The standard InChI is InChI=1S/C14H15BrN2O3/c1-8-10(5-6-18)14(19)17-13(16-8)9-3-4-12(20-2)11(15)7-9/h3-4,7,18H,5-6H2,1-2H3,(H,16,17,19). The number of aromatic amines is 1. The van der Waals surface area contributed by atoms with Crippen LogP contribution in [-0.4, -0.2) is 28.8 Å². The molecule has 0 saturated heterocycles. The number of aliphatic hydroxyl groups is 1. The van der Waals surface area contributed by atoms with E-state index in [1.807, 2.05) is 12.1 Å². The monoisotopic (exact) mass is 338 g/mol. The molecule has 0 amide bonds. The van der Waals surface area contributed by atoms with Crippen molar-refractivity contribution in [1.82, 2.24) is 9.97 Å². The number of hydrogen-bond donors (Lipinski definition) is 2. The zero-order chi connectivity index (χ0) is 14.7. The van der Waals surface area contributed by atoms with Crippen LogP contribution >= 0.6 is 15.9 Å². The van der Waals surface area contributed by atoms with Gasteiger partial charge in [-0.3, -0.25) is 4.79 Å². The lowest BCUT2D eigenvalue weighted by atomic mass is 10.1. The Morgan fingerprint density at radius 1 is 1.45 bits per heavy atom. The van der Waals surface area contributed by atoms with Crippen LogP contribution in [0.5, 0.6) is 5.75 Å². The summed E-state index contributed by atoms with van der Waals surface area (Å²) in [5.74, 6) is 1.21. The third-order valence-corrected chi connectivity index (χ3v) is 3.63. The minimum atomic E-state index is -0.214. The number of nitrogens with zero attached hydrogens (tertiary/aromatic N) is 1. The topological polar surface area (TPSA) is 75.2 Å². The molecule has 0 aliphatic heterocycles. The van der Waals surface area contributed by atoms with Gasteiger partial charge in [-0.2, -0.15) is 0 Å². The van der Waals surface area contributed by atoms with Gasteiger partial charge < -0.3 is 14.8 Å². The number of aromatic nitrogens is 2. The molecule has 0 saturated carbocycles. The molecule has 5 nitrogen and oxygen atoms in total. The van der Waals surface area contributed by atoms with Gasteiger partial charge in [-0.25, -0.2) is 4.98 Å². The average Bonchev–Trinajstić information content (AvgIpc) is 2.42. The Labute approximate surface area is 124 Å². The number of rotatable bonds is 4. The van der Waals surface area contributed by atoms with Gasteiger partial charge in [-0.05, 0) is 41.1 Å². The van der Waals surface area contributed by atoms with Crippen LogP contribution < -0.4 is 10.3 Å². The van der Waals surface area contributed by atoms with Gasteiger partial charge in [0, 0.05) is 29.8 Å². The summed E-state index contributed by atoms with van der Waals surface area (Å²) in [6.07, 6.45) is 0.306. The van der Waals surface area contributed by atoms with E-state index in [1.54, 1.807) is 20.1 Å². The fraction of sp³-hybridized carbons (Fsp3) is 0.286. The summed E-state index contributed by atoms with van der Waals surface area (Å²) in [6, 6.07) is 5.46. The molecule has 0 fully saturated rings. The van der Waals surface area contributed by atoms with E-state index < -0.39 is 0 Å². The number of ether oxygens (including phenoxy) is 1. The van der Waals surface area contributed by atoms with Gasteiger partial charge in [-0.1, -0.05) is 0 Å². The maximum atomic E-state index is 12.0. The van der Waals surface area contributed by atoms with Gasteiger partial charge in [0.1, 0.15) is 11.6 Å².